The molecule has 0 unspecified atom stereocenters. The smallest absolute Gasteiger partial charge is 0.157 e. The summed E-state index contributed by atoms with van der Waals surface area (Å²) in [5.74, 6) is 2.12. The Morgan fingerprint density at radius 3 is 2.69 bits per heavy atom. The highest BCUT2D eigenvalue weighted by molar-refractivity contribution is 5.99. The van der Waals surface area contributed by atoms with Gasteiger partial charge in [-0.2, -0.15) is 0 Å². The van der Waals surface area contributed by atoms with Gasteiger partial charge in [-0.3, -0.25) is 0 Å². The topological polar surface area (TPSA) is 72.7 Å². The van der Waals surface area contributed by atoms with Crippen molar-refractivity contribution in [1.29, 1.82) is 0 Å². The average Bonchev–Trinajstić information content (AvgIpc) is 3.25. The molecule has 0 bridgehead atoms. The van der Waals surface area contributed by atoms with E-state index in [4.69, 9.17) is 13.9 Å². The molecule has 9 heteroatoms. The third-order valence-electron chi connectivity index (χ3n) is 5.60. The molecule has 0 radical (unpaired) electrons. The van der Waals surface area contributed by atoms with E-state index in [1.54, 1.807) is 19.7 Å². The van der Waals surface area contributed by atoms with Crippen LogP contribution in [0.5, 0.6) is 11.5 Å². The molecule has 32 heavy (non-hydrogen) atoms. The molecule has 0 atom stereocenters. The number of para-hydroxylation sites is 1. The fraction of sp³-hybridized carbons (Fsp3) is 0.304. The van der Waals surface area contributed by atoms with Crippen LogP contribution in [0.3, 0.4) is 0 Å². The first-order valence-electron chi connectivity index (χ1n) is 10.1. The van der Waals surface area contributed by atoms with Crippen molar-refractivity contribution in [3.8, 4) is 11.5 Å². The molecule has 0 saturated carbocycles. The van der Waals surface area contributed by atoms with Crippen LogP contribution < -0.4 is 14.8 Å². The molecule has 4 aromatic rings. The Labute approximate surface area is 198 Å². The molecule has 0 amide bonds. The molecule has 1 saturated heterocycles. The molecule has 2 aromatic heterocycles. The minimum absolute atomic E-state index is 0. The Morgan fingerprint density at radius 1 is 1.09 bits per heavy atom. The maximum atomic E-state index is 6.46. The Hall–Kier alpha value is -2.74. The van der Waals surface area contributed by atoms with Gasteiger partial charge in [-0.05, 0) is 32.0 Å². The zero-order valence-electron chi connectivity index (χ0n) is 17.9. The van der Waals surface area contributed by atoms with Gasteiger partial charge in [0.15, 0.2) is 5.58 Å². The lowest BCUT2D eigenvalue weighted by Crippen LogP contribution is -2.35. The van der Waals surface area contributed by atoms with Crippen LogP contribution in [0.25, 0.3) is 21.9 Å². The molecular weight excluding hydrogens is 451 g/mol. The van der Waals surface area contributed by atoms with Gasteiger partial charge in [-0.1, -0.05) is 12.1 Å². The molecule has 7 nitrogen and oxygen atoms in total. The van der Waals surface area contributed by atoms with E-state index >= 15 is 0 Å². The number of nitrogens with zero attached hydrogens (tertiary/aromatic N) is 3. The molecule has 1 fully saturated rings. The van der Waals surface area contributed by atoms with Crippen LogP contribution >= 0.6 is 24.8 Å². The zero-order valence-corrected chi connectivity index (χ0v) is 19.5. The molecule has 2 aromatic carbocycles. The van der Waals surface area contributed by atoms with Crippen LogP contribution in [0, 0.1) is 0 Å². The summed E-state index contributed by atoms with van der Waals surface area (Å²) in [6.07, 6.45) is 5.35. The number of rotatable bonds is 5. The summed E-state index contributed by atoms with van der Waals surface area (Å²) >= 11 is 0. The van der Waals surface area contributed by atoms with Gasteiger partial charge in [0.1, 0.15) is 29.7 Å². The van der Waals surface area contributed by atoms with Crippen molar-refractivity contribution in [2.45, 2.75) is 18.9 Å². The first kappa shape index (κ1) is 23.9. The highest BCUT2D eigenvalue weighted by atomic mass is 35.5. The number of hydrogen-bond donors (Lipinski definition) is 1. The number of aromatic nitrogens is 2. The van der Waals surface area contributed by atoms with Crippen LogP contribution in [0.2, 0.25) is 0 Å². The summed E-state index contributed by atoms with van der Waals surface area (Å²) in [5.41, 5.74) is 2.40. The monoisotopic (exact) mass is 476 g/mol. The van der Waals surface area contributed by atoms with Gasteiger partial charge in [0.05, 0.1) is 30.0 Å². The van der Waals surface area contributed by atoms with Crippen molar-refractivity contribution in [1.82, 2.24) is 14.9 Å². The van der Waals surface area contributed by atoms with Crippen LogP contribution in [0.1, 0.15) is 12.8 Å². The lowest BCUT2D eigenvalue weighted by atomic mass is 10.1. The van der Waals surface area contributed by atoms with E-state index in [0.717, 1.165) is 59.2 Å². The van der Waals surface area contributed by atoms with Crippen molar-refractivity contribution in [3.05, 3.63) is 49.0 Å². The maximum Gasteiger partial charge on any atom is 0.157 e. The molecule has 0 spiro atoms. The summed E-state index contributed by atoms with van der Waals surface area (Å²) in [6, 6.07) is 11.7. The quantitative estimate of drug-likeness (QED) is 0.410. The number of piperidine rings is 1. The highest BCUT2D eigenvalue weighted by Gasteiger charge is 2.21. The zero-order chi connectivity index (χ0) is 20.5. The van der Waals surface area contributed by atoms with Gasteiger partial charge >= 0.3 is 0 Å². The van der Waals surface area contributed by atoms with Gasteiger partial charge in [0.25, 0.3) is 0 Å². The largest absolute Gasteiger partial charge is 0.497 e. The summed E-state index contributed by atoms with van der Waals surface area (Å²) in [6.45, 7) is 2.04. The van der Waals surface area contributed by atoms with E-state index in [1.807, 2.05) is 36.4 Å². The molecule has 1 aliphatic rings. The SMILES string of the molecule is COc1cc(OC2CCN(C)CC2)c2c(Nc3cccc4ccoc34)ncnc2c1.Cl.Cl. The third-order valence-corrected chi connectivity index (χ3v) is 5.60. The average molecular weight is 477 g/mol. The first-order valence-corrected chi connectivity index (χ1v) is 10.1. The molecule has 5 rings (SSSR count). The van der Waals surface area contributed by atoms with Crippen LogP contribution in [-0.4, -0.2) is 48.2 Å². The van der Waals surface area contributed by atoms with Crippen molar-refractivity contribution >= 4 is 58.2 Å². The fourth-order valence-corrected chi connectivity index (χ4v) is 3.94. The second-order valence-electron chi connectivity index (χ2n) is 7.63. The van der Waals surface area contributed by atoms with Crippen LogP contribution in [0.15, 0.2) is 53.4 Å². The number of hydrogen-bond acceptors (Lipinski definition) is 7. The minimum atomic E-state index is 0. The van der Waals surface area contributed by atoms with E-state index in [2.05, 4.69) is 27.2 Å². The highest BCUT2D eigenvalue weighted by Crippen LogP contribution is 2.37. The Morgan fingerprint density at radius 2 is 1.91 bits per heavy atom. The number of nitrogens with one attached hydrogen (secondary N) is 1. The van der Waals surface area contributed by atoms with Gasteiger partial charge in [0.2, 0.25) is 0 Å². The normalized spacial score (nSPS) is 14.6. The predicted molar refractivity (Wildman–Crippen MR) is 131 cm³/mol. The van der Waals surface area contributed by atoms with E-state index in [0.29, 0.717) is 11.6 Å². The van der Waals surface area contributed by atoms with Crippen molar-refractivity contribution in [2.75, 3.05) is 32.6 Å². The Kier molecular flexibility index (Phi) is 7.66. The van der Waals surface area contributed by atoms with Gasteiger partial charge in [-0.25, -0.2) is 9.97 Å². The summed E-state index contributed by atoms with van der Waals surface area (Å²) in [7, 11) is 3.79. The molecule has 3 heterocycles. The lowest BCUT2D eigenvalue weighted by Gasteiger charge is -2.29. The van der Waals surface area contributed by atoms with Crippen molar-refractivity contribution in [3.63, 3.8) is 0 Å². The molecule has 170 valence electrons. The summed E-state index contributed by atoms with van der Waals surface area (Å²) < 4.78 is 17.6. The van der Waals surface area contributed by atoms with Crippen molar-refractivity contribution in [2.24, 2.45) is 0 Å². The second kappa shape index (κ2) is 10.3. The first-order chi connectivity index (χ1) is 14.7. The van der Waals surface area contributed by atoms with Crippen molar-refractivity contribution < 1.29 is 13.9 Å². The number of anilines is 2. The predicted octanol–water partition coefficient (Wildman–Crippen LogP) is 5.44. The van der Waals surface area contributed by atoms with E-state index in [9.17, 15) is 0 Å². The third kappa shape index (κ3) is 4.70. The number of ether oxygens (including phenoxy) is 2. The lowest BCUT2D eigenvalue weighted by molar-refractivity contribution is 0.115. The second-order valence-corrected chi connectivity index (χ2v) is 7.63. The summed E-state index contributed by atoms with van der Waals surface area (Å²) in [5, 5.41) is 5.29. The number of methoxy groups -OCH3 is 1. The van der Waals surface area contributed by atoms with Gasteiger partial charge in [0, 0.05) is 30.6 Å². The van der Waals surface area contributed by atoms with E-state index in [1.165, 1.54) is 0 Å². The Bertz CT molecular complexity index is 1190. The number of fused-ring (bicyclic) bond motifs is 2. The number of benzene rings is 2. The van der Waals surface area contributed by atoms with Gasteiger partial charge in [-0.15, -0.1) is 24.8 Å². The van der Waals surface area contributed by atoms with E-state index in [-0.39, 0.29) is 30.9 Å². The number of furan rings is 1. The van der Waals surface area contributed by atoms with E-state index < -0.39 is 0 Å². The minimum Gasteiger partial charge on any atom is -0.497 e. The number of likely N-dealkylation sites (tertiary alicyclic amines) is 1. The van der Waals surface area contributed by atoms with Crippen LogP contribution in [-0.2, 0) is 0 Å². The maximum absolute atomic E-state index is 6.46. The molecule has 1 aliphatic heterocycles. The molecule has 0 aliphatic carbocycles. The summed E-state index contributed by atoms with van der Waals surface area (Å²) in [4.78, 5) is 11.3. The molecular formula is C23H26Cl2N4O3. The standard InChI is InChI=1S/C23H24N4O3.2ClH/c1-27-9-6-16(7-10-27)30-20-13-17(28-2)12-19-21(20)23(25-14-24-19)26-18-5-3-4-15-8-11-29-22(15)18;;/h3-5,8,11-14,16H,6-7,9-10H2,1-2H3,(H,24,25,26);2*1H. The molecule has 1 N–H and O–H groups in total. The van der Waals surface area contributed by atoms with Crippen LogP contribution in [0.4, 0.5) is 11.5 Å². The Balaban J connectivity index is 0.00000144. The number of halogens is 2. The van der Waals surface area contributed by atoms with Gasteiger partial charge < -0.3 is 24.1 Å². The fourth-order valence-electron chi connectivity index (χ4n) is 3.94.